The Bertz CT molecular complexity index is 404. The highest BCUT2D eigenvalue weighted by molar-refractivity contribution is 5.83. The van der Waals surface area contributed by atoms with Crippen LogP contribution in [0, 0.1) is 5.92 Å². The van der Waals surface area contributed by atoms with Gasteiger partial charge in [0.1, 0.15) is 6.04 Å². The van der Waals surface area contributed by atoms with Crippen LogP contribution >= 0.6 is 0 Å². The van der Waals surface area contributed by atoms with E-state index >= 15 is 0 Å². The SMILES string of the molecule is CC1CCC(C)N(C(=O)C(N)c2ccccc2)C1. The normalized spacial score (nSPS) is 25.8. The van der Waals surface area contributed by atoms with E-state index in [4.69, 9.17) is 5.73 Å². The highest BCUT2D eigenvalue weighted by atomic mass is 16.2. The lowest BCUT2D eigenvalue weighted by Gasteiger charge is -2.38. The standard InChI is InChI=1S/C15H22N2O/c1-11-8-9-12(2)17(10-11)15(18)14(16)13-6-4-3-5-7-13/h3-7,11-12,14H,8-10,16H2,1-2H3. The molecule has 3 nitrogen and oxygen atoms in total. The van der Waals surface area contributed by atoms with Crippen molar-refractivity contribution in [3.63, 3.8) is 0 Å². The molecule has 1 amide bonds. The Morgan fingerprint density at radius 2 is 1.94 bits per heavy atom. The largest absolute Gasteiger partial charge is 0.338 e. The van der Waals surface area contributed by atoms with Crippen LogP contribution in [0.15, 0.2) is 30.3 Å². The van der Waals surface area contributed by atoms with E-state index in [2.05, 4.69) is 13.8 Å². The first-order valence-electron chi connectivity index (χ1n) is 6.70. The van der Waals surface area contributed by atoms with Crippen molar-refractivity contribution in [2.24, 2.45) is 11.7 Å². The van der Waals surface area contributed by atoms with Gasteiger partial charge in [-0.25, -0.2) is 0 Å². The number of nitrogens with zero attached hydrogens (tertiary/aromatic N) is 1. The molecule has 3 unspecified atom stereocenters. The van der Waals surface area contributed by atoms with Crippen molar-refractivity contribution < 1.29 is 4.79 Å². The van der Waals surface area contributed by atoms with Crippen molar-refractivity contribution in [3.05, 3.63) is 35.9 Å². The maximum absolute atomic E-state index is 12.5. The molecule has 1 aromatic rings. The Labute approximate surface area is 109 Å². The van der Waals surface area contributed by atoms with E-state index in [0.29, 0.717) is 12.0 Å². The molecule has 0 aliphatic carbocycles. The predicted octanol–water partition coefficient (Wildman–Crippen LogP) is 2.33. The Hall–Kier alpha value is -1.35. The van der Waals surface area contributed by atoms with Crippen molar-refractivity contribution in [3.8, 4) is 0 Å². The molecule has 3 heteroatoms. The monoisotopic (exact) mass is 246 g/mol. The van der Waals surface area contributed by atoms with Crippen molar-refractivity contribution >= 4 is 5.91 Å². The molecule has 0 radical (unpaired) electrons. The third-order valence-electron chi connectivity index (χ3n) is 3.83. The minimum absolute atomic E-state index is 0.0558. The van der Waals surface area contributed by atoms with Gasteiger partial charge in [-0.3, -0.25) is 4.79 Å². The van der Waals surface area contributed by atoms with Crippen LogP contribution in [0.2, 0.25) is 0 Å². The summed E-state index contributed by atoms with van der Waals surface area (Å²) in [5, 5.41) is 0. The van der Waals surface area contributed by atoms with E-state index < -0.39 is 6.04 Å². The average molecular weight is 246 g/mol. The summed E-state index contributed by atoms with van der Waals surface area (Å²) in [5.74, 6) is 0.633. The minimum atomic E-state index is -0.529. The van der Waals surface area contributed by atoms with Crippen LogP contribution in [0.5, 0.6) is 0 Å². The molecule has 98 valence electrons. The molecular weight excluding hydrogens is 224 g/mol. The zero-order valence-corrected chi connectivity index (χ0v) is 11.2. The van der Waals surface area contributed by atoms with Gasteiger partial charge < -0.3 is 10.6 Å². The Kier molecular flexibility index (Phi) is 4.02. The van der Waals surface area contributed by atoms with Gasteiger partial charge in [0.25, 0.3) is 0 Å². The summed E-state index contributed by atoms with van der Waals surface area (Å²) in [6.45, 7) is 5.14. The molecule has 0 bridgehead atoms. The zero-order valence-electron chi connectivity index (χ0n) is 11.2. The number of rotatable bonds is 2. The molecule has 3 atom stereocenters. The van der Waals surface area contributed by atoms with E-state index in [0.717, 1.165) is 18.5 Å². The Morgan fingerprint density at radius 3 is 2.61 bits per heavy atom. The van der Waals surface area contributed by atoms with Crippen LogP contribution in [-0.2, 0) is 4.79 Å². The first kappa shape index (κ1) is 13.1. The summed E-state index contributed by atoms with van der Waals surface area (Å²) in [5.41, 5.74) is 6.98. The van der Waals surface area contributed by atoms with Crippen LogP contribution in [-0.4, -0.2) is 23.4 Å². The number of hydrogen-bond acceptors (Lipinski definition) is 2. The van der Waals surface area contributed by atoms with Gasteiger partial charge in [0.15, 0.2) is 0 Å². The number of benzene rings is 1. The molecule has 0 spiro atoms. The van der Waals surface area contributed by atoms with Crippen LogP contribution in [0.1, 0.15) is 38.3 Å². The second-order valence-corrected chi connectivity index (χ2v) is 5.41. The van der Waals surface area contributed by atoms with Crippen LogP contribution in [0.4, 0.5) is 0 Å². The fourth-order valence-corrected chi connectivity index (χ4v) is 2.58. The fraction of sp³-hybridized carbons (Fsp3) is 0.533. The number of carbonyl (C=O) groups excluding carboxylic acids is 1. The number of likely N-dealkylation sites (tertiary alicyclic amines) is 1. The molecular formula is C15H22N2O. The molecule has 2 rings (SSSR count). The average Bonchev–Trinajstić information content (AvgIpc) is 2.41. The molecule has 0 aromatic heterocycles. The van der Waals surface area contributed by atoms with E-state index in [1.165, 1.54) is 6.42 Å². The van der Waals surface area contributed by atoms with Gasteiger partial charge in [0, 0.05) is 12.6 Å². The van der Waals surface area contributed by atoms with Crippen LogP contribution < -0.4 is 5.73 Å². The molecule has 1 aromatic carbocycles. The Morgan fingerprint density at radius 1 is 1.28 bits per heavy atom. The lowest BCUT2D eigenvalue weighted by molar-refractivity contribution is -0.137. The van der Waals surface area contributed by atoms with E-state index in [1.807, 2.05) is 35.2 Å². The first-order chi connectivity index (χ1) is 8.59. The van der Waals surface area contributed by atoms with Crippen molar-refractivity contribution in [2.75, 3.05) is 6.54 Å². The van der Waals surface area contributed by atoms with Gasteiger partial charge >= 0.3 is 0 Å². The molecule has 1 heterocycles. The second-order valence-electron chi connectivity index (χ2n) is 5.41. The van der Waals surface area contributed by atoms with Crippen molar-refractivity contribution in [1.29, 1.82) is 0 Å². The summed E-state index contributed by atoms with van der Waals surface area (Å²) in [6.07, 6.45) is 2.28. The molecule has 1 saturated heterocycles. The maximum Gasteiger partial charge on any atom is 0.244 e. The smallest absolute Gasteiger partial charge is 0.244 e. The lowest BCUT2D eigenvalue weighted by atomic mass is 9.93. The second kappa shape index (κ2) is 5.53. The molecule has 1 aliphatic heterocycles. The number of hydrogen-bond donors (Lipinski definition) is 1. The molecule has 2 N–H and O–H groups in total. The van der Waals surface area contributed by atoms with E-state index in [9.17, 15) is 4.79 Å². The third kappa shape index (κ3) is 2.72. The Balaban J connectivity index is 2.10. The molecule has 0 saturated carbocycles. The lowest BCUT2D eigenvalue weighted by Crippen LogP contribution is -2.48. The van der Waals surface area contributed by atoms with Gasteiger partial charge in [-0.2, -0.15) is 0 Å². The van der Waals surface area contributed by atoms with Gasteiger partial charge in [-0.1, -0.05) is 37.3 Å². The number of carbonyl (C=O) groups is 1. The zero-order chi connectivity index (χ0) is 13.1. The predicted molar refractivity (Wildman–Crippen MR) is 72.9 cm³/mol. The molecule has 1 fully saturated rings. The maximum atomic E-state index is 12.5. The highest BCUT2D eigenvalue weighted by Crippen LogP contribution is 2.24. The van der Waals surface area contributed by atoms with Gasteiger partial charge in [-0.15, -0.1) is 0 Å². The van der Waals surface area contributed by atoms with Crippen molar-refractivity contribution in [1.82, 2.24) is 4.90 Å². The van der Waals surface area contributed by atoms with Gasteiger partial charge in [0.2, 0.25) is 5.91 Å². The van der Waals surface area contributed by atoms with Gasteiger partial charge in [0.05, 0.1) is 0 Å². The summed E-state index contributed by atoms with van der Waals surface area (Å²) in [4.78, 5) is 14.4. The van der Waals surface area contributed by atoms with Gasteiger partial charge in [-0.05, 0) is 31.2 Å². The molecule has 1 aliphatic rings. The topological polar surface area (TPSA) is 46.3 Å². The number of piperidine rings is 1. The highest BCUT2D eigenvalue weighted by Gasteiger charge is 2.30. The summed E-state index contributed by atoms with van der Waals surface area (Å²) >= 11 is 0. The van der Waals surface area contributed by atoms with Crippen LogP contribution in [0.3, 0.4) is 0 Å². The summed E-state index contributed by atoms with van der Waals surface area (Å²) in [6, 6.07) is 9.39. The van der Waals surface area contributed by atoms with E-state index in [-0.39, 0.29) is 5.91 Å². The third-order valence-corrected chi connectivity index (χ3v) is 3.83. The number of nitrogens with two attached hydrogens (primary N) is 1. The number of amides is 1. The summed E-state index contributed by atoms with van der Waals surface area (Å²) in [7, 11) is 0. The molecule has 18 heavy (non-hydrogen) atoms. The quantitative estimate of drug-likeness (QED) is 0.870. The van der Waals surface area contributed by atoms with Crippen molar-refractivity contribution in [2.45, 2.75) is 38.8 Å². The minimum Gasteiger partial charge on any atom is -0.338 e. The van der Waals surface area contributed by atoms with Crippen LogP contribution in [0.25, 0.3) is 0 Å². The first-order valence-corrected chi connectivity index (χ1v) is 6.70. The summed E-state index contributed by atoms with van der Waals surface area (Å²) < 4.78 is 0. The fourth-order valence-electron chi connectivity index (χ4n) is 2.58. The van der Waals surface area contributed by atoms with E-state index in [1.54, 1.807) is 0 Å².